The van der Waals surface area contributed by atoms with Gasteiger partial charge in [0.2, 0.25) is 0 Å². The number of hydrogen-bond donors (Lipinski definition) is 1. The zero-order valence-corrected chi connectivity index (χ0v) is 14.3. The lowest BCUT2D eigenvalue weighted by Crippen LogP contribution is -2.52. The molecule has 0 spiro atoms. The summed E-state index contributed by atoms with van der Waals surface area (Å²) in [4.78, 5) is 0. The van der Waals surface area contributed by atoms with Crippen LogP contribution in [0.2, 0.25) is 10.0 Å². The lowest BCUT2D eigenvalue weighted by molar-refractivity contribution is -0.0468. The van der Waals surface area contributed by atoms with Gasteiger partial charge >= 0.3 is 0 Å². The predicted octanol–water partition coefficient (Wildman–Crippen LogP) is 4.72. The molecule has 0 saturated carbocycles. The Kier molecular flexibility index (Phi) is 7.32. The maximum Gasteiger partial charge on any atom is 0.0829 e. The van der Waals surface area contributed by atoms with Gasteiger partial charge < -0.3 is 10.1 Å². The molecule has 1 unspecified atom stereocenters. The first-order valence-corrected chi connectivity index (χ1v) is 8.01. The monoisotopic (exact) mass is 317 g/mol. The minimum Gasteiger partial charge on any atom is -0.377 e. The summed E-state index contributed by atoms with van der Waals surface area (Å²) >= 11 is 12.6. The smallest absolute Gasteiger partial charge is 0.0829 e. The van der Waals surface area contributed by atoms with Gasteiger partial charge in [0.05, 0.1) is 5.60 Å². The van der Waals surface area contributed by atoms with Crippen molar-refractivity contribution in [2.45, 2.75) is 51.7 Å². The molecule has 0 bridgehead atoms. The van der Waals surface area contributed by atoms with Crippen LogP contribution in [0.25, 0.3) is 0 Å². The number of hydrogen-bond acceptors (Lipinski definition) is 2. The molecule has 0 aromatic heterocycles. The molecule has 0 amide bonds. The molecular weight excluding hydrogens is 293 g/mol. The van der Waals surface area contributed by atoms with Crippen LogP contribution >= 0.6 is 23.2 Å². The fourth-order valence-corrected chi connectivity index (χ4v) is 3.35. The summed E-state index contributed by atoms with van der Waals surface area (Å²) in [5, 5.41) is 4.98. The molecule has 1 rings (SSSR count). The molecular formula is C16H25Cl2NO. The Balaban J connectivity index is 3.09. The summed E-state index contributed by atoms with van der Waals surface area (Å²) in [7, 11) is 1.78. The van der Waals surface area contributed by atoms with E-state index in [-0.39, 0.29) is 11.6 Å². The molecule has 0 aliphatic heterocycles. The first-order chi connectivity index (χ1) is 9.54. The number of rotatable bonds is 8. The molecule has 114 valence electrons. The molecule has 0 aliphatic carbocycles. The van der Waals surface area contributed by atoms with Crippen LogP contribution in [0.15, 0.2) is 18.2 Å². The predicted molar refractivity (Wildman–Crippen MR) is 88.0 cm³/mol. The van der Waals surface area contributed by atoms with Crippen LogP contribution < -0.4 is 5.32 Å². The molecule has 2 nitrogen and oxygen atoms in total. The van der Waals surface area contributed by atoms with Crippen LogP contribution in [0.1, 0.15) is 39.2 Å². The van der Waals surface area contributed by atoms with Crippen LogP contribution in [0, 0.1) is 0 Å². The second-order valence-corrected chi connectivity index (χ2v) is 5.81. The van der Waals surface area contributed by atoms with Gasteiger partial charge in [0.1, 0.15) is 0 Å². The summed E-state index contributed by atoms with van der Waals surface area (Å²) in [6.45, 7) is 7.31. The molecule has 1 aromatic rings. The largest absolute Gasteiger partial charge is 0.377 e. The molecule has 1 atom stereocenters. The zero-order valence-electron chi connectivity index (χ0n) is 12.8. The van der Waals surface area contributed by atoms with Gasteiger partial charge in [-0.05, 0) is 43.5 Å². The van der Waals surface area contributed by atoms with E-state index in [0.29, 0.717) is 0 Å². The molecule has 1 N–H and O–H groups in total. The van der Waals surface area contributed by atoms with E-state index in [0.717, 1.165) is 41.4 Å². The standard InChI is InChI=1S/C16H25Cl2NO/c1-5-16(6-2,20-4)15(19-7-3)11-12-13(17)9-8-10-14(12)18/h8-10,15,19H,5-7,11H2,1-4H3. The molecule has 0 saturated heterocycles. The molecule has 20 heavy (non-hydrogen) atoms. The van der Waals surface area contributed by atoms with E-state index in [1.807, 2.05) is 18.2 Å². The molecule has 4 heteroatoms. The van der Waals surface area contributed by atoms with Crippen molar-refractivity contribution in [2.24, 2.45) is 0 Å². The minimum atomic E-state index is -0.196. The van der Waals surface area contributed by atoms with Crippen LogP contribution in [-0.2, 0) is 11.2 Å². The topological polar surface area (TPSA) is 21.3 Å². The number of halogens is 2. The Morgan fingerprint density at radius 3 is 2.10 bits per heavy atom. The zero-order chi connectivity index (χ0) is 15.2. The summed E-state index contributed by atoms with van der Waals surface area (Å²) in [6, 6.07) is 5.83. The van der Waals surface area contributed by atoms with Gasteiger partial charge in [-0.1, -0.05) is 50.0 Å². The number of ether oxygens (including phenoxy) is 1. The Labute approximate surface area is 132 Å². The van der Waals surface area contributed by atoms with Crippen LogP contribution in [-0.4, -0.2) is 25.3 Å². The number of methoxy groups -OCH3 is 1. The maximum absolute atomic E-state index is 6.30. The third-order valence-corrected chi connectivity index (χ3v) is 4.87. The summed E-state index contributed by atoms with van der Waals surface area (Å²) in [5.74, 6) is 0. The van der Waals surface area contributed by atoms with E-state index in [4.69, 9.17) is 27.9 Å². The van der Waals surface area contributed by atoms with Crippen molar-refractivity contribution >= 4 is 23.2 Å². The molecule has 1 aromatic carbocycles. The third kappa shape index (κ3) is 3.88. The van der Waals surface area contributed by atoms with Gasteiger partial charge in [-0.3, -0.25) is 0 Å². The fourth-order valence-electron chi connectivity index (χ4n) is 2.80. The number of nitrogens with one attached hydrogen (secondary N) is 1. The van der Waals surface area contributed by atoms with Gasteiger partial charge in [0, 0.05) is 23.2 Å². The van der Waals surface area contributed by atoms with E-state index in [1.54, 1.807) is 7.11 Å². The van der Waals surface area contributed by atoms with Crippen LogP contribution in [0.3, 0.4) is 0 Å². The van der Waals surface area contributed by atoms with Gasteiger partial charge in [0.25, 0.3) is 0 Å². The highest BCUT2D eigenvalue weighted by atomic mass is 35.5. The van der Waals surface area contributed by atoms with Crippen molar-refractivity contribution in [3.05, 3.63) is 33.8 Å². The van der Waals surface area contributed by atoms with Gasteiger partial charge in [0.15, 0.2) is 0 Å². The van der Waals surface area contributed by atoms with Crippen molar-refractivity contribution in [2.75, 3.05) is 13.7 Å². The van der Waals surface area contributed by atoms with Crippen LogP contribution in [0.5, 0.6) is 0 Å². The Morgan fingerprint density at radius 1 is 1.15 bits per heavy atom. The van der Waals surface area contributed by atoms with Gasteiger partial charge in [-0.2, -0.15) is 0 Å². The lowest BCUT2D eigenvalue weighted by atomic mass is 9.84. The average Bonchev–Trinajstić information content (AvgIpc) is 2.45. The minimum absolute atomic E-state index is 0.185. The van der Waals surface area contributed by atoms with Crippen molar-refractivity contribution in [3.63, 3.8) is 0 Å². The Hall–Kier alpha value is -0.280. The second kappa shape index (κ2) is 8.23. The van der Waals surface area contributed by atoms with Crippen LogP contribution in [0.4, 0.5) is 0 Å². The van der Waals surface area contributed by atoms with Crippen molar-refractivity contribution in [3.8, 4) is 0 Å². The highest BCUT2D eigenvalue weighted by Crippen LogP contribution is 2.31. The summed E-state index contributed by atoms with van der Waals surface area (Å²) in [6.07, 6.45) is 2.65. The highest BCUT2D eigenvalue weighted by Gasteiger charge is 2.35. The fraction of sp³-hybridized carbons (Fsp3) is 0.625. The van der Waals surface area contributed by atoms with Crippen molar-refractivity contribution in [1.29, 1.82) is 0 Å². The molecule has 0 heterocycles. The van der Waals surface area contributed by atoms with E-state index in [2.05, 4.69) is 26.1 Å². The van der Waals surface area contributed by atoms with E-state index in [9.17, 15) is 0 Å². The van der Waals surface area contributed by atoms with Crippen molar-refractivity contribution < 1.29 is 4.74 Å². The van der Waals surface area contributed by atoms with Gasteiger partial charge in [-0.15, -0.1) is 0 Å². The highest BCUT2D eigenvalue weighted by molar-refractivity contribution is 6.36. The van der Waals surface area contributed by atoms with E-state index >= 15 is 0 Å². The quantitative estimate of drug-likeness (QED) is 0.749. The average molecular weight is 318 g/mol. The maximum atomic E-state index is 6.30. The molecule has 0 radical (unpaired) electrons. The molecule has 0 fully saturated rings. The SMILES string of the molecule is CCNC(Cc1c(Cl)cccc1Cl)C(CC)(CC)OC. The second-order valence-electron chi connectivity index (χ2n) is 4.99. The first kappa shape index (κ1) is 17.8. The van der Waals surface area contributed by atoms with E-state index < -0.39 is 0 Å². The summed E-state index contributed by atoms with van der Waals surface area (Å²) < 4.78 is 5.85. The van der Waals surface area contributed by atoms with Crippen molar-refractivity contribution in [1.82, 2.24) is 5.32 Å². The molecule has 0 aliphatic rings. The first-order valence-electron chi connectivity index (χ1n) is 7.26. The number of benzene rings is 1. The Bertz CT molecular complexity index is 390. The Morgan fingerprint density at radius 2 is 1.70 bits per heavy atom. The normalized spacial score (nSPS) is 13.5. The third-order valence-electron chi connectivity index (χ3n) is 4.16. The number of likely N-dealkylation sites (N-methyl/N-ethyl adjacent to an activating group) is 1. The van der Waals surface area contributed by atoms with Gasteiger partial charge in [-0.25, -0.2) is 0 Å². The van der Waals surface area contributed by atoms with E-state index in [1.165, 1.54) is 0 Å². The summed E-state index contributed by atoms with van der Waals surface area (Å²) in [5.41, 5.74) is 0.795. The lowest BCUT2D eigenvalue weighted by Gasteiger charge is -2.39.